The topological polar surface area (TPSA) is 71.7 Å². The maximum absolute atomic E-state index is 13.1. The number of halogens is 1. The molecule has 2 aromatic heterocycles. The first kappa shape index (κ1) is 18.9. The number of piperazine rings is 1. The first-order valence-corrected chi connectivity index (χ1v) is 9.39. The molecule has 7 nitrogen and oxygen atoms in total. The van der Waals surface area contributed by atoms with Crippen LogP contribution in [0.25, 0.3) is 0 Å². The molecule has 0 spiro atoms. The number of aromatic nitrogens is 2. The number of anilines is 1. The van der Waals surface area contributed by atoms with Gasteiger partial charge in [-0.2, -0.15) is 0 Å². The van der Waals surface area contributed by atoms with Crippen molar-refractivity contribution in [3.63, 3.8) is 0 Å². The van der Waals surface area contributed by atoms with Crippen LogP contribution >= 0.6 is 0 Å². The fourth-order valence-electron chi connectivity index (χ4n) is 3.16. The van der Waals surface area contributed by atoms with Crippen molar-refractivity contribution >= 4 is 11.6 Å². The Labute approximate surface area is 167 Å². The standard InChI is InChI=1S/C21H21FN4O3/c1-15-2-7-18(13-23-15)28-14-19-12-20(24-29-19)21(27)26-10-8-25(9-11-26)17-5-3-16(22)4-6-17/h2-7,12-13H,8-11,14H2,1H3. The summed E-state index contributed by atoms with van der Waals surface area (Å²) >= 11 is 0. The number of aryl methyl sites for hydroxylation is 1. The molecule has 1 fully saturated rings. The van der Waals surface area contributed by atoms with Crippen molar-refractivity contribution in [1.82, 2.24) is 15.0 Å². The number of carbonyl (C=O) groups is 1. The van der Waals surface area contributed by atoms with Gasteiger partial charge in [0.15, 0.2) is 11.5 Å². The summed E-state index contributed by atoms with van der Waals surface area (Å²) in [6, 6.07) is 11.7. The quantitative estimate of drug-likeness (QED) is 0.660. The highest BCUT2D eigenvalue weighted by atomic mass is 19.1. The van der Waals surface area contributed by atoms with Gasteiger partial charge in [0.2, 0.25) is 0 Å². The van der Waals surface area contributed by atoms with Crippen molar-refractivity contribution in [3.8, 4) is 5.75 Å². The Bertz CT molecular complexity index is 964. The summed E-state index contributed by atoms with van der Waals surface area (Å²) in [5, 5.41) is 3.89. The van der Waals surface area contributed by atoms with E-state index in [0.29, 0.717) is 37.7 Å². The summed E-state index contributed by atoms with van der Waals surface area (Å²) in [4.78, 5) is 20.7. The fraction of sp³-hybridized carbons (Fsp3) is 0.286. The molecule has 0 atom stereocenters. The summed E-state index contributed by atoms with van der Waals surface area (Å²) in [5.41, 5.74) is 2.12. The fourth-order valence-corrected chi connectivity index (χ4v) is 3.16. The zero-order valence-corrected chi connectivity index (χ0v) is 16.0. The normalized spacial score (nSPS) is 14.1. The van der Waals surface area contributed by atoms with E-state index in [2.05, 4.69) is 15.0 Å². The highest BCUT2D eigenvalue weighted by Crippen LogP contribution is 2.18. The molecule has 8 heteroatoms. The number of amides is 1. The lowest BCUT2D eigenvalue weighted by Crippen LogP contribution is -2.48. The highest BCUT2D eigenvalue weighted by Gasteiger charge is 2.24. The van der Waals surface area contributed by atoms with Crippen LogP contribution in [-0.4, -0.2) is 47.1 Å². The molecule has 3 heterocycles. The van der Waals surface area contributed by atoms with Gasteiger partial charge < -0.3 is 19.1 Å². The number of hydrogen-bond donors (Lipinski definition) is 0. The number of carbonyl (C=O) groups excluding carboxylic acids is 1. The van der Waals surface area contributed by atoms with Gasteiger partial charge in [0.25, 0.3) is 5.91 Å². The van der Waals surface area contributed by atoms with E-state index in [1.54, 1.807) is 29.3 Å². The minimum absolute atomic E-state index is 0.170. The molecular weight excluding hydrogens is 375 g/mol. The summed E-state index contributed by atoms with van der Waals surface area (Å²) < 4.78 is 23.9. The summed E-state index contributed by atoms with van der Waals surface area (Å²) in [6.45, 7) is 4.53. The molecule has 150 valence electrons. The van der Waals surface area contributed by atoms with Crippen LogP contribution in [-0.2, 0) is 6.61 Å². The van der Waals surface area contributed by atoms with Crippen LogP contribution < -0.4 is 9.64 Å². The molecule has 1 amide bonds. The first-order chi connectivity index (χ1) is 14.1. The second-order valence-corrected chi connectivity index (χ2v) is 6.86. The molecule has 1 aromatic carbocycles. The van der Waals surface area contributed by atoms with Crippen LogP contribution in [0.4, 0.5) is 10.1 Å². The molecule has 0 bridgehead atoms. The number of pyridine rings is 1. The molecule has 1 saturated heterocycles. The monoisotopic (exact) mass is 396 g/mol. The van der Waals surface area contributed by atoms with Crippen LogP contribution in [0.5, 0.6) is 5.75 Å². The summed E-state index contributed by atoms with van der Waals surface area (Å²) in [7, 11) is 0. The molecule has 29 heavy (non-hydrogen) atoms. The smallest absolute Gasteiger partial charge is 0.276 e. The van der Waals surface area contributed by atoms with E-state index in [1.165, 1.54) is 12.1 Å². The van der Waals surface area contributed by atoms with Gasteiger partial charge in [-0.05, 0) is 43.3 Å². The zero-order valence-electron chi connectivity index (χ0n) is 16.0. The molecule has 0 radical (unpaired) electrons. The van der Waals surface area contributed by atoms with Crippen molar-refractivity contribution in [2.45, 2.75) is 13.5 Å². The van der Waals surface area contributed by atoms with Crippen molar-refractivity contribution in [3.05, 3.63) is 71.6 Å². The maximum atomic E-state index is 13.1. The van der Waals surface area contributed by atoms with Crippen LogP contribution in [0.2, 0.25) is 0 Å². The van der Waals surface area contributed by atoms with Crippen LogP contribution in [0.1, 0.15) is 21.9 Å². The molecule has 1 aliphatic rings. The summed E-state index contributed by atoms with van der Waals surface area (Å²) in [6.07, 6.45) is 1.64. The van der Waals surface area contributed by atoms with E-state index in [-0.39, 0.29) is 24.0 Å². The number of rotatable bonds is 5. The third-order valence-electron chi connectivity index (χ3n) is 4.80. The van der Waals surface area contributed by atoms with Gasteiger partial charge in [-0.1, -0.05) is 5.16 Å². The summed E-state index contributed by atoms with van der Waals surface area (Å²) in [5.74, 6) is 0.665. The maximum Gasteiger partial charge on any atom is 0.276 e. The third-order valence-corrected chi connectivity index (χ3v) is 4.80. The minimum atomic E-state index is -0.257. The lowest BCUT2D eigenvalue weighted by molar-refractivity contribution is 0.0736. The zero-order chi connectivity index (χ0) is 20.2. The predicted octanol–water partition coefficient (Wildman–Crippen LogP) is 3.06. The van der Waals surface area contributed by atoms with E-state index in [4.69, 9.17) is 9.26 Å². The molecular formula is C21H21FN4O3. The van der Waals surface area contributed by atoms with Gasteiger partial charge in [-0.15, -0.1) is 0 Å². The Hall–Kier alpha value is -3.42. The van der Waals surface area contributed by atoms with Crippen molar-refractivity contribution < 1.29 is 18.4 Å². The molecule has 0 aliphatic carbocycles. The molecule has 1 aliphatic heterocycles. The number of ether oxygens (including phenoxy) is 1. The highest BCUT2D eigenvalue weighted by molar-refractivity contribution is 5.92. The van der Waals surface area contributed by atoms with E-state index in [0.717, 1.165) is 11.4 Å². The van der Waals surface area contributed by atoms with Crippen molar-refractivity contribution in [2.75, 3.05) is 31.1 Å². The second kappa shape index (κ2) is 8.30. The van der Waals surface area contributed by atoms with Gasteiger partial charge >= 0.3 is 0 Å². The molecule has 4 rings (SSSR count). The SMILES string of the molecule is Cc1ccc(OCc2cc(C(=O)N3CCN(c4ccc(F)cc4)CC3)no2)cn1. The number of hydrogen-bond acceptors (Lipinski definition) is 6. The van der Waals surface area contributed by atoms with E-state index < -0.39 is 0 Å². The third kappa shape index (κ3) is 4.53. The predicted molar refractivity (Wildman–Crippen MR) is 104 cm³/mol. The van der Waals surface area contributed by atoms with E-state index >= 15 is 0 Å². The van der Waals surface area contributed by atoms with Crippen LogP contribution in [0.3, 0.4) is 0 Å². The number of benzene rings is 1. The average molecular weight is 396 g/mol. The van der Waals surface area contributed by atoms with Crippen molar-refractivity contribution in [2.24, 2.45) is 0 Å². The second-order valence-electron chi connectivity index (χ2n) is 6.86. The van der Waals surface area contributed by atoms with Gasteiger partial charge in [-0.3, -0.25) is 9.78 Å². The minimum Gasteiger partial charge on any atom is -0.484 e. The Kier molecular flexibility index (Phi) is 5.41. The van der Waals surface area contributed by atoms with Gasteiger partial charge in [0, 0.05) is 43.6 Å². The van der Waals surface area contributed by atoms with Gasteiger partial charge in [0.1, 0.15) is 18.2 Å². The van der Waals surface area contributed by atoms with Gasteiger partial charge in [0.05, 0.1) is 6.20 Å². The Morgan fingerprint density at radius 3 is 2.59 bits per heavy atom. The first-order valence-electron chi connectivity index (χ1n) is 9.39. The lowest BCUT2D eigenvalue weighted by atomic mass is 10.2. The molecule has 0 unspecified atom stereocenters. The Morgan fingerprint density at radius 1 is 1.14 bits per heavy atom. The van der Waals surface area contributed by atoms with E-state index in [1.807, 2.05) is 19.1 Å². The Morgan fingerprint density at radius 2 is 1.90 bits per heavy atom. The lowest BCUT2D eigenvalue weighted by Gasteiger charge is -2.35. The van der Waals surface area contributed by atoms with Crippen LogP contribution in [0.15, 0.2) is 53.2 Å². The average Bonchev–Trinajstić information content (AvgIpc) is 3.23. The number of nitrogens with zero attached hydrogens (tertiary/aromatic N) is 4. The van der Waals surface area contributed by atoms with Crippen LogP contribution in [0, 0.1) is 12.7 Å². The van der Waals surface area contributed by atoms with Gasteiger partial charge in [-0.25, -0.2) is 4.39 Å². The molecule has 3 aromatic rings. The molecule has 0 saturated carbocycles. The largest absolute Gasteiger partial charge is 0.484 e. The van der Waals surface area contributed by atoms with E-state index in [9.17, 15) is 9.18 Å². The van der Waals surface area contributed by atoms with Crippen molar-refractivity contribution in [1.29, 1.82) is 0 Å². The Balaban J connectivity index is 1.31. The molecule has 0 N–H and O–H groups in total.